The standard InChI is InChI=1S/C18H18FN5/c1-3-21-18-23-16(13-7-9-20-10-8-13)11-17(24-18)22-15-6-4-5-14(19)12(15)2/h4-11H,3H2,1-2H3,(H2,21,22,23,24). The molecule has 0 aliphatic carbocycles. The van der Waals surface area contributed by atoms with Gasteiger partial charge in [-0.1, -0.05) is 6.07 Å². The number of anilines is 3. The van der Waals surface area contributed by atoms with Gasteiger partial charge in [0.1, 0.15) is 11.6 Å². The fraction of sp³-hybridized carbons (Fsp3) is 0.167. The van der Waals surface area contributed by atoms with E-state index in [1.54, 1.807) is 25.4 Å². The van der Waals surface area contributed by atoms with Gasteiger partial charge in [0.15, 0.2) is 0 Å². The Labute approximate surface area is 140 Å². The zero-order valence-corrected chi connectivity index (χ0v) is 13.5. The molecule has 0 saturated heterocycles. The number of benzene rings is 1. The molecule has 5 nitrogen and oxygen atoms in total. The Kier molecular flexibility index (Phi) is 4.65. The van der Waals surface area contributed by atoms with E-state index in [0.29, 0.717) is 29.6 Å². The number of halogens is 1. The number of nitrogens with zero attached hydrogens (tertiary/aromatic N) is 3. The lowest BCUT2D eigenvalue weighted by atomic mass is 10.1. The zero-order valence-electron chi connectivity index (χ0n) is 13.5. The van der Waals surface area contributed by atoms with Crippen LogP contribution in [0.25, 0.3) is 11.3 Å². The normalized spacial score (nSPS) is 10.5. The molecule has 0 amide bonds. The molecule has 0 aliphatic heterocycles. The summed E-state index contributed by atoms with van der Waals surface area (Å²) in [6.45, 7) is 4.42. The Morgan fingerprint density at radius 2 is 1.88 bits per heavy atom. The van der Waals surface area contributed by atoms with E-state index < -0.39 is 0 Å². The largest absolute Gasteiger partial charge is 0.354 e. The molecule has 3 aromatic rings. The van der Waals surface area contributed by atoms with E-state index >= 15 is 0 Å². The van der Waals surface area contributed by atoms with Gasteiger partial charge in [-0.05, 0) is 38.1 Å². The van der Waals surface area contributed by atoms with Crippen LogP contribution in [0.2, 0.25) is 0 Å². The average molecular weight is 323 g/mol. The summed E-state index contributed by atoms with van der Waals surface area (Å²) < 4.78 is 13.7. The van der Waals surface area contributed by atoms with Crippen molar-refractivity contribution in [2.75, 3.05) is 17.2 Å². The van der Waals surface area contributed by atoms with Crippen molar-refractivity contribution in [2.45, 2.75) is 13.8 Å². The maximum atomic E-state index is 13.7. The molecule has 0 atom stereocenters. The van der Waals surface area contributed by atoms with Crippen LogP contribution in [0.15, 0.2) is 48.8 Å². The van der Waals surface area contributed by atoms with Crippen molar-refractivity contribution in [1.29, 1.82) is 0 Å². The third-order valence-corrected chi connectivity index (χ3v) is 3.57. The van der Waals surface area contributed by atoms with Crippen molar-refractivity contribution in [2.24, 2.45) is 0 Å². The Morgan fingerprint density at radius 1 is 1.08 bits per heavy atom. The molecule has 0 spiro atoms. The molecule has 0 radical (unpaired) electrons. The summed E-state index contributed by atoms with van der Waals surface area (Å²) in [6, 6.07) is 10.5. The molecule has 24 heavy (non-hydrogen) atoms. The summed E-state index contributed by atoms with van der Waals surface area (Å²) in [5.41, 5.74) is 2.92. The second-order valence-corrected chi connectivity index (χ2v) is 5.27. The van der Waals surface area contributed by atoms with Gasteiger partial charge in [0.05, 0.1) is 5.69 Å². The van der Waals surface area contributed by atoms with Crippen molar-refractivity contribution in [1.82, 2.24) is 15.0 Å². The molecule has 2 N–H and O–H groups in total. The van der Waals surface area contributed by atoms with E-state index in [2.05, 4.69) is 25.6 Å². The predicted molar refractivity (Wildman–Crippen MR) is 93.8 cm³/mol. The molecule has 0 fully saturated rings. The number of hydrogen-bond donors (Lipinski definition) is 2. The number of pyridine rings is 1. The van der Waals surface area contributed by atoms with Gasteiger partial charge < -0.3 is 10.6 Å². The third kappa shape index (κ3) is 3.48. The summed E-state index contributed by atoms with van der Waals surface area (Å²) in [5, 5.41) is 6.29. The molecular formula is C18H18FN5. The fourth-order valence-electron chi connectivity index (χ4n) is 2.30. The van der Waals surface area contributed by atoms with Crippen molar-refractivity contribution < 1.29 is 4.39 Å². The Bertz CT molecular complexity index is 836. The molecular weight excluding hydrogens is 305 g/mol. The molecule has 2 heterocycles. The second kappa shape index (κ2) is 7.04. The first-order chi connectivity index (χ1) is 11.7. The lowest BCUT2D eigenvalue weighted by Crippen LogP contribution is -2.06. The maximum Gasteiger partial charge on any atom is 0.225 e. The zero-order chi connectivity index (χ0) is 16.9. The number of nitrogens with one attached hydrogen (secondary N) is 2. The van der Waals surface area contributed by atoms with E-state index in [1.807, 2.05) is 31.2 Å². The Hall–Kier alpha value is -3.02. The number of aromatic nitrogens is 3. The minimum atomic E-state index is -0.254. The first-order valence-corrected chi connectivity index (χ1v) is 7.73. The highest BCUT2D eigenvalue weighted by molar-refractivity contribution is 5.68. The first-order valence-electron chi connectivity index (χ1n) is 7.73. The van der Waals surface area contributed by atoms with E-state index in [1.165, 1.54) is 6.07 Å². The lowest BCUT2D eigenvalue weighted by molar-refractivity contribution is 0.619. The van der Waals surface area contributed by atoms with Crippen molar-refractivity contribution >= 4 is 17.5 Å². The van der Waals surface area contributed by atoms with Crippen LogP contribution in [0.3, 0.4) is 0 Å². The van der Waals surface area contributed by atoms with Gasteiger partial charge in [-0.3, -0.25) is 4.98 Å². The van der Waals surface area contributed by atoms with Gasteiger partial charge in [-0.15, -0.1) is 0 Å². The van der Waals surface area contributed by atoms with Crippen LogP contribution in [0.4, 0.5) is 21.8 Å². The SMILES string of the molecule is CCNc1nc(Nc2cccc(F)c2C)cc(-c2ccncc2)n1. The Morgan fingerprint density at radius 3 is 2.62 bits per heavy atom. The van der Waals surface area contributed by atoms with Crippen LogP contribution >= 0.6 is 0 Å². The maximum absolute atomic E-state index is 13.7. The topological polar surface area (TPSA) is 62.7 Å². The highest BCUT2D eigenvalue weighted by atomic mass is 19.1. The molecule has 0 bridgehead atoms. The molecule has 3 rings (SSSR count). The smallest absolute Gasteiger partial charge is 0.225 e. The van der Waals surface area contributed by atoms with E-state index in [9.17, 15) is 4.39 Å². The fourth-order valence-corrected chi connectivity index (χ4v) is 2.30. The van der Waals surface area contributed by atoms with Gasteiger partial charge >= 0.3 is 0 Å². The number of hydrogen-bond acceptors (Lipinski definition) is 5. The van der Waals surface area contributed by atoms with Crippen LogP contribution in [0.1, 0.15) is 12.5 Å². The predicted octanol–water partition coefficient (Wildman–Crippen LogP) is 4.16. The summed E-state index contributed by atoms with van der Waals surface area (Å²) >= 11 is 0. The molecule has 6 heteroatoms. The summed E-state index contributed by atoms with van der Waals surface area (Å²) in [7, 11) is 0. The van der Waals surface area contributed by atoms with Gasteiger partial charge in [-0.2, -0.15) is 4.98 Å². The van der Waals surface area contributed by atoms with Crippen LogP contribution < -0.4 is 10.6 Å². The van der Waals surface area contributed by atoms with E-state index in [-0.39, 0.29) is 5.82 Å². The Balaban J connectivity index is 2.00. The van der Waals surface area contributed by atoms with E-state index in [0.717, 1.165) is 11.3 Å². The minimum Gasteiger partial charge on any atom is -0.354 e. The van der Waals surface area contributed by atoms with Crippen LogP contribution in [-0.4, -0.2) is 21.5 Å². The van der Waals surface area contributed by atoms with Gasteiger partial charge in [0.25, 0.3) is 0 Å². The van der Waals surface area contributed by atoms with Crippen LogP contribution in [-0.2, 0) is 0 Å². The molecule has 0 saturated carbocycles. The average Bonchev–Trinajstić information content (AvgIpc) is 2.60. The summed E-state index contributed by atoms with van der Waals surface area (Å²) in [6.07, 6.45) is 3.43. The third-order valence-electron chi connectivity index (χ3n) is 3.57. The van der Waals surface area contributed by atoms with Gasteiger partial charge in [0.2, 0.25) is 5.95 Å². The molecule has 0 unspecified atom stereocenters. The monoisotopic (exact) mass is 323 g/mol. The van der Waals surface area contributed by atoms with Crippen molar-refractivity contribution in [3.8, 4) is 11.3 Å². The van der Waals surface area contributed by atoms with Crippen molar-refractivity contribution in [3.63, 3.8) is 0 Å². The lowest BCUT2D eigenvalue weighted by Gasteiger charge is -2.12. The highest BCUT2D eigenvalue weighted by Gasteiger charge is 2.09. The molecule has 1 aromatic carbocycles. The van der Waals surface area contributed by atoms with Crippen molar-refractivity contribution in [3.05, 3.63) is 60.2 Å². The summed E-state index contributed by atoms with van der Waals surface area (Å²) in [4.78, 5) is 13.0. The quantitative estimate of drug-likeness (QED) is 0.738. The van der Waals surface area contributed by atoms with Crippen LogP contribution in [0, 0.1) is 12.7 Å². The van der Waals surface area contributed by atoms with Crippen LogP contribution in [0.5, 0.6) is 0 Å². The second-order valence-electron chi connectivity index (χ2n) is 5.27. The molecule has 2 aromatic heterocycles. The highest BCUT2D eigenvalue weighted by Crippen LogP contribution is 2.25. The molecule has 122 valence electrons. The number of rotatable bonds is 5. The first kappa shape index (κ1) is 15.9. The van der Waals surface area contributed by atoms with E-state index in [4.69, 9.17) is 0 Å². The summed E-state index contributed by atoms with van der Waals surface area (Å²) in [5.74, 6) is 0.861. The molecule has 0 aliphatic rings. The van der Waals surface area contributed by atoms with Gasteiger partial charge in [0, 0.05) is 41.8 Å². The minimum absolute atomic E-state index is 0.254. The van der Waals surface area contributed by atoms with Gasteiger partial charge in [-0.25, -0.2) is 9.37 Å².